The first-order valence-corrected chi connectivity index (χ1v) is 9.43. The SMILES string of the molecule is N#C[C@]1(C(N)=O)C[C@@](O)(c2ccc(Br)cc2)[C@H]([N+](=O)[O-])[C@H]1c1ccc([N+](=O)[O-])cc1. The number of hydrogen-bond acceptors (Lipinski definition) is 7. The van der Waals surface area contributed by atoms with E-state index in [1.165, 1.54) is 24.3 Å². The molecule has 11 heteroatoms. The van der Waals surface area contributed by atoms with Gasteiger partial charge >= 0.3 is 0 Å². The van der Waals surface area contributed by atoms with Gasteiger partial charge < -0.3 is 10.8 Å². The highest BCUT2D eigenvalue weighted by Gasteiger charge is 2.70. The van der Waals surface area contributed by atoms with Crippen molar-refractivity contribution < 1.29 is 19.7 Å². The molecule has 3 N–H and O–H groups in total. The Hall–Kier alpha value is -3.36. The first-order valence-electron chi connectivity index (χ1n) is 8.64. The van der Waals surface area contributed by atoms with Crippen LogP contribution in [0.25, 0.3) is 0 Å². The predicted octanol–water partition coefficient (Wildman–Crippen LogP) is 2.37. The van der Waals surface area contributed by atoms with E-state index in [9.17, 15) is 35.4 Å². The van der Waals surface area contributed by atoms with E-state index < -0.39 is 45.2 Å². The molecule has 0 aromatic heterocycles. The monoisotopic (exact) mass is 474 g/mol. The third kappa shape index (κ3) is 3.20. The third-order valence-electron chi connectivity index (χ3n) is 5.56. The van der Waals surface area contributed by atoms with Crippen LogP contribution in [0, 0.1) is 37.0 Å². The van der Waals surface area contributed by atoms with Gasteiger partial charge in [-0.2, -0.15) is 5.26 Å². The van der Waals surface area contributed by atoms with Gasteiger partial charge in [-0.3, -0.25) is 25.0 Å². The summed E-state index contributed by atoms with van der Waals surface area (Å²) in [5.41, 5.74) is 1.25. The van der Waals surface area contributed by atoms with Crippen molar-refractivity contribution in [3.8, 4) is 6.07 Å². The van der Waals surface area contributed by atoms with E-state index in [1.54, 1.807) is 18.2 Å². The number of carbonyl (C=O) groups excluding carboxylic acids is 1. The van der Waals surface area contributed by atoms with Crippen LogP contribution in [0.4, 0.5) is 5.69 Å². The second-order valence-electron chi connectivity index (χ2n) is 7.11. The van der Waals surface area contributed by atoms with Gasteiger partial charge in [0.1, 0.15) is 0 Å². The Labute approximate surface area is 178 Å². The van der Waals surface area contributed by atoms with Crippen molar-refractivity contribution in [1.29, 1.82) is 5.26 Å². The van der Waals surface area contributed by atoms with Crippen molar-refractivity contribution in [3.05, 3.63) is 84.4 Å². The molecule has 4 atom stereocenters. The van der Waals surface area contributed by atoms with E-state index >= 15 is 0 Å². The molecule has 3 rings (SSSR count). The number of nitriles is 1. The fourth-order valence-corrected chi connectivity index (χ4v) is 4.43. The van der Waals surface area contributed by atoms with Crippen LogP contribution in [0.3, 0.4) is 0 Å². The van der Waals surface area contributed by atoms with Gasteiger partial charge in [0.2, 0.25) is 5.91 Å². The van der Waals surface area contributed by atoms with Crippen molar-refractivity contribution >= 4 is 27.5 Å². The van der Waals surface area contributed by atoms with Crippen LogP contribution in [0.15, 0.2) is 53.0 Å². The Morgan fingerprint density at radius 1 is 1.17 bits per heavy atom. The number of primary amides is 1. The zero-order valence-electron chi connectivity index (χ0n) is 15.3. The van der Waals surface area contributed by atoms with Crippen LogP contribution in [0.1, 0.15) is 23.5 Å². The Morgan fingerprint density at radius 2 is 1.73 bits per heavy atom. The first kappa shape index (κ1) is 21.4. The topological polar surface area (TPSA) is 173 Å². The molecule has 0 aliphatic heterocycles. The fourth-order valence-electron chi connectivity index (χ4n) is 4.17. The Kier molecular flexibility index (Phi) is 5.32. The van der Waals surface area contributed by atoms with Crippen molar-refractivity contribution in [2.75, 3.05) is 0 Å². The summed E-state index contributed by atoms with van der Waals surface area (Å²) in [6.45, 7) is 0. The largest absolute Gasteiger partial charge is 0.378 e. The maximum absolute atomic E-state index is 12.4. The lowest BCUT2D eigenvalue weighted by atomic mass is 9.74. The molecule has 0 radical (unpaired) electrons. The molecule has 30 heavy (non-hydrogen) atoms. The van der Waals surface area contributed by atoms with Crippen molar-refractivity contribution in [2.45, 2.75) is 24.0 Å². The van der Waals surface area contributed by atoms with Gasteiger partial charge in [0.15, 0.2) is 11.0 Å². The summed E-state index contributed by atoms with van der Waals surface area (Å²) in [5, 5.41) is 44.4. The molecule has 2 aromatic carbocycles. The number of nitrogens with two attached hydrogens (primary N) is 1. The molecule has 0 unspecified atom stereocenters. The van der Waals surface area contributed by atoms with E-state index in [4.69, 9.17) is 5.73 Å². The number of nitro groups is 2. The maximum atomic E-state index is 12.4. The molecule has 2 aromatic rings. The summed E-state index contributed by atoms with van der Waals surface area (Å²) in [6.07, 6.45) is -0.596. The summed E-state index contributed by atoms with van der Waals surface area (Å²) in [4.78, 5) is 34.1. The first-order chi connectivity index (χ1) is 14.1. The maximum Gasteiger partial charge on any atom is 0.269 e. The van der Waals surface area contributed by atoms with E-state index in [0.29, 0.717) is 4.47 Å². The third-order valence-corrected chi connectivity index (χ3v) is 6.09. The Morgan fingerprint density at radius 3 is 2.17 bits per heavy atom. The molecular formula is C19H15BrN4O6. The summed E-state index contributed by atoms with van der Waals surface area (Å²) < 4.78 is 0.666. The van der Waals surface area contributed by atoms with Crippen molar-refractivity contribution in [3.63, 3.8) is 0 Å². The molecule has 1 fully saturated rings. The highest BCUT2D eigenvalue weighted by Crippen LogP contribution is 2.58. The number of aliphatic hydroxyl groups is 1. The highest BCUT2D eigenvalue weighted by molar-refractivity contribution is 9.10. The number of amides is 1. The van der Waals surface area contributed by atoms with E-state index in [0.717, 1.165) is 12.1 Å². The number of rotatable bonds is 5. The number of benzene rings is 2. The zero-order valence-corrected chi connectivity index (χ0v) is 16.9. The van der Waals surface area contributed by atoms with E-state index in [1.807, 2.05) is 0 Å². The molecule has 0 spiro atoms. The standard InChI is InChI=1S/C19H15BrN4O6/c20-13-5-3-12(4-6-13)19(26)9-18(10-21,17(22)25)15(16(19)24(29)30)11-1-7-14(8-2-11)23(27)28/h1-8,15-16,26H,9H2,(H2,22,25)/t15-,16-,18-,19-/m1/s1. The molecule has 10 nitrogen and oxygen atoms in total. The average molecular weight is 475 g/mol. The minimum absolute atomic E-state index is 0.121. The van der Waals surface area contributed by atoms with Gasteiger partial charge in [-0.1, -0.05) is 40.2 Å². The van der Waals surface area contributed by atoms with Crippen LogP contribution >= 0.6 is 15.9 Å². The summed E-state index contributed by atoms with van der Waals surface area (Å²) >= 11 is 3.25. The second-order valence-corrected chi connectivity index (χ2v) is 8.03. The summed E-state index contributed by atoms with van der Waals surface area (Å²) in [6, 6.07) is 10.8. The van der Waals surface area contributed by atoms with Gasteiger partial charge in [0.25, 0.3) is 11.7 Å². The highest BCUT2D eigenvalue weighted by atomic mass is 79.9. The fraction of sp³-hybridized carbons (Fsp3) is 0.263. The molecule has 0 heterocycles. The quantitative estimate of drug-likeness (QED) is 0.493. The van der Waals surface area contributed by atoms with Crippen molar-refractivity contribution in [1.82, 2.24) is 0 Å². The number of carbonyl (C=O) groups is 1. The van der Waals surface area contributed by atoms with Gasteiger partial charge in [-0.25, -0.2) is 0 Å². The van der Waals surface area contributed by atoms with Crippen LogP contribution in [-0.2, 0) is 10.4 Å². The average Bonchev–Trinajstić information content (AvgIpc) is 2.99. The Bertz CT molecular complexity index is 1070. The lowest BCUT2D eigenvalue weighted by molar-refractivity contribution is -0.547. The normalized spacial score (nSPS) is 27.9. The molecule has 1 saturated carbocycles. The molecule has 0 bridgehead atoms. The summed E-state index contributed by atoms with van der Waals surface area (Å²) in [7, 11) is 0. The van der Waals surface area contributed by atoms with Crippen LogP contribution in [0.2, 0.25) is 0 Å². The lowest BCUT2D eigenvalue weighted by Crippen LogP contribution is -2.43. The van der Waals surface area contributed by atoms with Gasteiger partial charge in [-0.15, -0.1) is 0 Å². The molecule has 1 aliphatic rings. The van der Waals surface area contributed by atoms with E-state index in [-0.39, 0.29) is 16.8 Å². The molecule has 1 amide bonds. The number of non-ortho nitro benzene ring substituents is 1. The van der Waals surface area contributed by atoms with Crippen LogP contribution < -0.4 is 5.73 Å². The Balaban J connectivity index is 2.26. The molecule has 1 aliphatic carbocycles. The van der Waals surface area contributed by atoms with Crippen LogP contribution in [0.5, 0.6) is 0 Å². The van der Waals surface area contributed by atoms with Crippen molar-refractivity contribution in [2.24, 2.45) is 11.1 Å². The van der Waals surface area contributed by atoms with Crippen LogP contribution in [-0.4, -0.2) is 26.9 Å². The number of nitrogens with zero attached hydrogens (tertiary/aromatic N) is 3. The number of halogens is 1. The zero-order chi connectivity index (χ0) is 22.3. The molecule has 154 valence electrons. The minimum Gasteiger partial charge on any atom is -0.378 e. The van der Waals surface area contributed by atoms with E-state index in [2.05, 4.69) is 15.9 Å². The lowest BCUT2D eigenvalue weighted by Gasteiger charge is -2.27. The minimum atomic E-state index is -2.18. The molecule has 0 saturated heterocycles. The smallest absolute Gasteiger partial charge is 0.269 e. The number of hydrogen-bond donors (Lipinski definition) is 2. The predicted molar refractivity (Wildman–Crippen MR) is 107 cm³/mol. The molecular weight excluding hydrogens is 460 g/mol. The van der Waals surface area contributed by atoms with Gasteiger partial charge in [0, 0.05) is 27.9 Å². The summed E-state index contributed by atoms with van der Waals surface area (Å²) in [5.74, 6) is -2.54. The van der Waals surface area contributed by atoms with Gasteiger partial charge in [-0.05, 0) is 23.3 Å². The second kappa shape index (κ2) is 7.47. The van der Waals surface area contributed by atoms with Gasteiger partial charge in [0.05, 0.1) is 16.9 Å². The number of nitro benzene ring substituents is 1.